The molecule has 29 heavy (non-hydrogen) atoms. The van der Waals surface area contributed by atoms with Gasteiger partial charge in [0.15, 0.2) is 11.5 Å². The topological polar surface area (TPSA) is 62.8 Å². The summed E-state index contributed by atoms with van der Waals surface area (Å²) >= 11 is 0. The lowest BCUT2D eigenvalue weighted by Gasteiger charge is -2.25. The first-order chi connectivity index (χ1) is 14.0. The van der Waals surface area contributed by atoms with Gasteiger partial charge in [-0.2, -0.15) is 0 Å². The molecule has 158 valence electrons. The van der Waals surface area contributed by atoms with E-state index in [2.05, 4.69) is 46.7 Å². The highest BCUT2D eigenvalue weighted by Gasteiger charge is 2.15. The molecule has 0 saturated heterocycles. The van der Waals surface area contributed by atoms with Gasteiger partial charge in [0.25, 0.3) is 0 Å². The van der Waals surface area contributed by atoms with E-state index in [1.165, 1.54) is 11.1 Å². The quantitative estimate of drug-likeness (QED) is 0.643. The second-order valence-electron chi connectivity index (χ2n) is 7.15. The zero-order valence-corrected chi connectivity index (χ0v) is 18.1. The number of aryl methyl sites for hydroxylation is 1. The molecule has 0 aromatic heterocycles. The molecule has 6 heteroatoms. The standard InChI is InChI=1S/C23H33N3O3/c1-6-17-7-10-19(11-8-17)20(26(2)3)16-25-23(27)24-14-13-18-9-12-21(28-4)22(15-18)29-5/h7-12,15,20H,6,13-14,16H2,1-5H3,(H2,24,25,27). The average molecular weight is 400 g/mol. The number of nitrogens with one attached hydrogen (secondary N) is 2. The minimum atomic E-state index is -0.164. The second kappa shape index (κ2) is 11.3. The van der Waals surface area contributed by atoms with Crippen LogP contribution in [0.4, 0.5) is 4.79 Å². The summed E-state index contributed by atoms with van der Waals surface area (Å²) in [6, 6.07) is 14.3. The Bertz CT molecular complexity index is 775. The summed E-state index contributed by atoms with van der Waals surface area (Å²) in [5, 5.41) is 5.90. The molecule has 0 fully saturated rings. The first-order valence-corrected chi connectivity index (χ1v) is 9.96. The molecular weight excluding hydrogens is 366 g/mol. The number of ether oxygens (including phenoxy) is 2. The number of urea groups is 1. The molecule has 2 rings (SSSR count). The molecule has 2 amide bonds. The number of benzene rings is 2. The molecule has 2 aromatic carbocycles. The molecule has 2 N–H and O–H groups in total. The van der Waals surface area contributed by atoms with Crippen LogP contribution in [-0.4, -0.2) is 52.3 Å². The van der Waals surface area contributed by atoms with Crippen molar-refractivity contribution >= 4 is 6.03 Å². The molecule has 0 spiro atoms. The molecule has 0 aliphatic heterocycles. The van der Waals surface area contributed by atoms with Crippen molar-refractivity contribution < 1.29 is 14.3 Å². The smallest absolute Gasteiger partial charge is 0.314 e. The molecule has 0 heterocycles. The fourth-order valence-electron chi connectivity index (χ4n) is 3.18. The van der Waals surface area contributed by atoms with Gasteiger partial charge in [0, 0.05) is 13.1 Å². The molecule has 2 aromatic rings. The van der Waals surface area contributed by atoms with E-state index >= 15 is 0 Å². The van der Waals surface area contributed by atoms with E-state index < -0.39 is 0 Å². The lowest BCUT2D eigenvalue weighted by molar-refractivity contribution is 0.233. The molecule has 0 aliphatic carbocycles. The SMILES string of the molecule is CCc1ccc(C(CNC(=O)NCCc2ccc(OC)c(OC)c2)N(C)C)cc1. The van der Waals surface area contributed by atoms with Gasteiger partial charge in [-0.15, -0.1) is 0 Å². The molecule has 0 bridgehead atoms. The Morgan fingerprint density at radius 2 is 1.62 bits per heavy atom. The highest BCUT2D eigenvalue weighted by molar-refractivity contribution is 5.73. The summed E-state index contributed by atoms with van der Waals surface area (Å²) in [7, 11) is 7.27. The zero-order valence-electron chi connectivity index (χ0n) is 18.1. The van der Waals surface area contributed by atoms with Gasteiger partial charge in [-0.05, 0) is 55.8 Å². The first-order valence-electron chi connectivity index (χ1n) is 9.96. The predicted molar refractivity (Wildman–Crippen MR) is 117 cm³/mol. The number of likely N-dealkylation sites (N-methyl/N-ethyl adjacent to an activating group) is 1. The fourth-order valence-corrected chi connectivity index (χ4v) is 3.18. The number of hydrogen-bond donors (Lipinski definition) is 2. The maximum atomic E-state index is 12.2. The third kappa shape index (κ3) is 6.68. The van der Waals surface area contributed by atoms with Crippen LogP contribution in [-0.2, 0) is 12.8 Å². The van der Waals surface area contributed by atoms with Gasteiger partial charge in [-0.25, -0.2) is 4.79 Å². The van der Waals surface area contributed by atoms with Gasteiger partial charge in [-0.3, -0.25) is 0 Å². The number of amides is 2. The molecule has 1 unspecified atom stereocenters. The Hall–Kier alpha value is -2.73. The van der Waals surface area contributed by atoms with Crippen molar-refractivity contribution in [1.29, 1.82) is 0 Å². The highest BCUT2D eigenvalue weighted by Crippen LogP contribution is 2.27. The predicted octanol–water partition coefficient (Wildman–Crippen LogP) is 3.41. The number of carbonyl (C=O) groups is 1. The summed E-state index contributed by atoms with van der Waals surface area (Å²) in [6.45, 7) is 3.23. The van der Waals surface area contributed by atoms with Crippen molar-refractivity contribution in [2.75, 3.05) is 41.4 Å². The number of carbonyl (C=O) groups excluding carboxylic acids is 1. The monoisotopic (exact) mass is 399 g/mol. The second-order valence-corrected chi connectivity index (χ2v) is 7.15. The van der Waals surface area contributed by atoms with E-state index in [4.69, 9.17) is 9.47 Å². The summed E-state index contributed by atoms with van der Waals surface area (Å²) in [4.78, 5) is 14.3. The number of rotatable bonds is 10. The molecule has 6 nitrogen and oxygen atoms in total. The lowest BCUT2D eigenvalue weighted by Crippen LogP contribution is -2.41. The fraction of sp³-hybridized carbons (Fsp3) is 0.435. The maximum Gasteiger partial charge on any atom is 0.314 e. The normalized spacial score (nSPS) is 11.8. The summed E-state index contributed by atoms with van der Waals surface area (Å²) in [5.74, 6) is 1.39. The van der Waals surface area contributed by atoms with Crippen molar-refractivity contribution in [2.24, 2.45) is 0 Å². The van der Waals surface area contributed by atoms with Crippen LogP contribution in [0.3, 0.4) is 0 Å². The zero-order chi connectivity index (χ0) is 21.2. The van der Waals surface area contributed by atoms with E-state index in [1.807, 2.05) is 32.3 Å². The summed E-state index contributed by atoms with van der Waals surface area (Å²) < 4.78 is 10.6. The van der Waals surface area contributed by atoms with Crippen LogP contribution in [0.25, 0.3) is 0 Å². The van der Waals surface area contributed by atoms with Crippen LogP contribution < -0.4 is 20.1 Å². The van der Waals surface area contributed by atoms with Gasteiger partial charge >= 0.3 is 6.03 Å². The van der Waals surface area contributed by atoms with Crippen LogP contribution in [0.1, 0.15) is 29.7 Å². The maximum absolute atomic E-state index is 12.2. The van der Waals surface area contributed by atoms with Gasteiger partial charge < -0.3 is 25.0 Å². The van der Waals surface area contributed by atoms with E-state index in [9.17, 15) is 4.79 Å². The lowest BCUT2D eigenvalue weighted by atomic mass is 10.0. The van der Waals surface area contributed by atoms with Crippen LogP contribution >= 0.6 is 0 Å². The largest absolute Gasteiger partial charge is 0.493 e. The third-order valence-electron chi connectivity index (χ3n) is 5.00. The minimum absolute atomic E-state index is 0.123. The van der Waals surface area contributed by atoms with E-state index in [0.29, 0.717) is 31.0 Å². The average Bonchev–Trinajstić information content (AvgIpc) is 2.74. The third-order valence-corrected chi connectivity index (χ3v) is 5.00. The Labute approximate surface area is 174 Å². The van der Waals surface area contributed by atoms with Crippen molar-refractivity contribution in [1.82, 2.24) is 15.5 Å². The van der Waals surface area contributed by atoms with Crippen molar-refractivity contribution in [3.8, 4) is 11.5 Å². The Kier molecular flexibility index (Phi) is 8.80. The molecule has 0 aliphatic rings. The summed E-state index contributed by atoms with van der Waals surface area (Å²) in [6.07, 6.45) is 1.73. The van der Waals surface area contributed by atoms with Crippen molar-refractivity contribution in [2.45, 2.75) is 25.8 Å². The first kappa shape index (κ1) is 22.6. The molecule has 0 radical (unpaired) electrons. The van der Waals surface area contributed by atoms with E-state index in [1.54, 1.807) is 14.2 Å². The van der Waals surface area contributed by atoms with Crippen molar-refractivity contribution in [3.63, 3.8) is 0 Å². The Morgan fingerprint density at radius 3 is 2.21 bits per heavy atom. The minimum Gasteiger partial charge on any atom is -0.493 e. The number of methoxy groups -OCH3 is 2. The van der Waals surface area contributed by atoms with Crippen LogP contribution in [0.5, 0.6) is 11.5 Å². The van der Waals surface area contributed by atoms with Crippen LogP contribution in [0, 0.1) is 0 Å². The van der Waals surface area contributed by atoms with Crippen molar-refractivity contribution in [3.05, 3.63) is 59.2 Å². The van der Waals surface area contributed by atoms with Gasteiger partial charge in [-0.1, -0.05) is 37.3 Å². The van der Waals surface area contributed by atoms with Gasteiger partial charge in [0.1, 0.15) is 0 Å². The number of hydrogen-bond acceptors (Lipinski definition) is 4. The molecule has 1 atom stereocenters. The highest BCUT2D eigenvalue weighted by atomic mass is 16.5. The van der Waals surface area contributed by atoms with Gasteiger partial charge in [0.2, 0.25) is 0 Å². The number of nitrogens with zero attached hydrogens (tertiary/aromatic N) is 1. The van der Waals surface area contributed by atoms with E-state index in [0.717, 1.165) is 12.0 Å². The van der Waals surface area contributed by atoms with Crippen LogP contribution in [0.2, 0.25) is 0 Å². The summed E-state index contributed by atoms with van der Waals surface area (Å²) in [5.41, 5.74) is 3.58. The Balaban J connectivity index is 1.83. The molecule has 0 saturated carbocycles. The van der Waals surface area contributed by atoms with Gasteiger partial charge in [0.05, 0.1) is 20.3 Å². The molecular formula is C23H33N3O3. The Morgan fingerprint density at radius 1 is 0.966 bits per heavy atom. The van der Waals surface area contributed by atoms with Crippen LogP contribution in [0.15, 0.2) is 42.5 Å². The van der Waals surface area contributed by atoms with E-state index in [-0.39, 0.29) is 12.1 Å².